The summed E-state index contributed by atoms with van der Waals surface area (Å²) < 4.78 is 18.3. The molecule has 0 radical (unpaired) electrons. The van der Waals surface area contributed by atoms with Gasteiger partial charge in [0.25, 0.3) is 0 Å². The SMILES string of the molecule is COc1cccc([C@@H](c2sc3nc(-c4ccco4)nn3c2O)N2C[C@@H](C)O[C@H](C)C2)c1. The Hall–Kier alpha value is -2.88. The minimum atomic E-state index is -0.176. The average Bonchev–Trinajstić information content (AvgIpc) is 3.47. The summed E-state index contributed by atoms with van der Waals surface area (Å²) in [5.74, 6) is 1.88. The molecule has 3 aromatic heterocycles. The highest BCUT2D eigenvalue weighted by molar-refractivity contribution is 7.17. The van der Waals surface area contributed by atoms with E-state index in [4.69, 9.17) is 13.9 Å². The first-order valence-corrected chi connectivity index (χ1v) is 11.0. The van der Waals surface area contributed by atoms with Crippen LogP contribution in [0.2, 0.25) is 0 Å². The molecule has 0 aliphatic carbocycles. The summed E-state index contributed by atoms with van der Waals surface area (Å²) >= 11 is 1.43. The maximum Gasteiger partial charge on any atom is 0.230 e. The van der Waals surface area contributed by atoms with E-state index >= 15 is 0 Å². The van der Waals surface area contributed by atoms with Gasteiger partial charge in [-0.05, 0) is 43.7 Å². The van der Waals surface area contributed by atoms with Crippen LogP contribution in [-0.2, 0) is 4.74 Å². The second kappa shape index (κ2) is 7.99. The first-order valence-electron chi connectivity index (χ1n) is 10.2. The highest BCUT2D eigenvalue weighted by Gasteiger charge is 2.34. The van der Waals surface area contributed by atoms with Crippen molar-refractivity contribution in [1.82, 2.24) is 19.5 Å². The van der Waals surface area contributed by atoms with Gasteiger partial charge in [-0.2, -0.15) is 9.50 Å². The van der Waals surface area contributed by atoms with Gasteiger partial charge in [0.05, 0.1) is 36.5 Å². The number of hydrogen-bond donors (Lipinski definition) is 1. The molecule has 0 saturated carbocycles. The van der Waals surface area contributed by atoms with E-state index < -0.39 is 0 Å². The van der Waals surface area contributed by atoms with Crippen molar-refractivity contribution in [3.8, 4) is 23.2 Å². The molecule has 162 valence electrons. The lowest BCUT2D eigenvalue weighted by molar-refractivity contribution is -0.0764. The maximum atomic E-state index is 11.2. The van der Waals surface area contributed by atoms with E-state index in [1.807, 2.05) is 18.2 Å². The molecule has 0 bridgehead atoms. The minimum absolute atomic E-state index is 0.0879. The molecule has 0 spiro atoms. The fraction of sp³-hybridized carbons (Fsp3) is 0.364. The fourth-order valence-electron chi connectivity index (χ4n) is 4.21. The van der Waals surface area contributed by atoms with Crippen LogP contribution in [0.3, 0.4) is 0 Å². The van der Waals surface area contributed by atoms with Crippen molar-refractivity contribution >= 4 is 16.3 Å². The Bertz CT molecular complexity index is 1180. The van der Waals surface area contributed by atoms with Crippen LogP contribution in [0.25, 0.3) is 16.5 Å². The first kappa shape index (κ1) is 20.0. The predicted molar refractivity (Wildman–Crippen MR) is 117 cm³/mol. The van der Waals surface area contributed by atoms with E-state index in [9.17, 15) is 5.11 Å². The Morgan fingerprint density at radius 1 is 1.19 bits per heavy atom. The third kappa shape index (κ3) is 3.69. The summed E-state index contributed by atoms with van der Waals surface area (Å²) in [4.78, 5) is 8.31. The van der Waals surface area contributed by atoms with E-state index in [-0.39, 0.29) is 24.1 Å². The van der Waals surface area contributed by atoms with E-state index in [2.05, 4.69) is 34.9 Å². The van der Waals surface area contributed by atoms with Gasteiger partial charge >= 0.3 is 0 Å². The molecule has 31 heavy (non-hydrogen) atoms. The zero-order chi connectivity index (χ0) is 21.5. The largest absolute Gasteiger partial charge is 0.497 e. The molecule has 1 aliphatic rings. The van der Waals surface area contributed by atoms with E-state index in [0.29, 0.717) is 16.5 Å². The number of aromatic hydroxyl groups is 1. The van der Waals surface area contributed by atoms with Gasteiger partial charge in [0.1, 0.15) is 5.75 Å². The number of nitrogens with zero attached hydrogens (tertiary/aromatic N) is 4. The van der Waals surface area contributed by atoms with Crippen molar-refractivity contribution in [3.05, 3.63) is 53.1 Å². The Morgan fingerprint density at radius 3 is 2.68 bits per heavy atom. The second-order valence-electron chi connectivity index (χ2n) is 7.79. The lowest BCUT2D eigenvalue weighted by Gasteiger charge is -2.40. The number of thiazole rings is 1. The molecular weight excluding hydrogens is 416 g/mol. The number of fused-ring (bicyclic) bond motifs is 1. The molecule has 4 heterocycles. The number of hydrogen-bond acceptors (Lipinski definition) is 8. The zero-order valence-electron chi connectivity index (χ0n) is 17.6. The van der Waals surface area contributed by atoms with Gasteiger partial charge in [0.2, 0.25) is 16.7 Å². The van der Waals surface area contributed by atoms with E-state index in [1.165, 1.54) is 15.9 Å². The monoisotopic (exact) mass is 440 g/mol. The normalized spacial score (nSPS) is 20.9. The molecule has 0 amide bonds. The van der Waals surface area contributed by atoms with Crippen LogP contribution in [0.5, 0.6) is 11.6 Å². The molecule has 1 fully saturated rings. The lowest BCUT2D eigenvalue weighted by Crippen LogP contribution is -2.47. The van der Waals surface area contributed by atoms with Gasteiger partial charge < -0.3 is 19.0 Å². The zero-order valence-corrected chi connectivity index (χ0v) is 18.4. The molecule has 3 atom stereocenters. The van der Waals surface area contributed by atoms with Crippen molar-refractivity contribution in [2.45, 2.75) is 32.1 Å². The maximum absolute atomic E-state index is 11.2. The molecule has 1 saturated heterocycles. The molecule has 1 aliphatic heterocycles. The summed E-state index contributed by atoms with van der Waals surface area (Å²) in [5, 5.41) is 15.6. The summed E-state index contributed by atoms with van der Waals surface area (Å²) in [5.41, 5.74) is 1.03. The topological polar surface area (TPSA) is 85.3 Å². The van der Waals surface area contributed by atoms with Crippen molar-refractivity contribution in [3.63, 3.8) is 0 Å². The van der Waals surface area contributed by atoms with Gasteiger partial charge in [-0.3, -0.25) is 4.90 Å². The number of morpholine rings is 1. The Kier molecular flexibility index (Phi) is 5.17. The smallest absolute Gasteiger partial charge is 0.230 e. The molecule has 8 nitrogen and oxygen atoms in total. The number of ether oxygens (including phenoxy) is 2. The minimum Gasteiger partial charge on any atom is -0.497 e. The summed E-state index contributed by atoms with van der Waals surface area (Å²) in [6.07, 6.45) is 1.76. The highest BCUT2D eigenvalue weighted by atomic mass is 32.1. The van der Waals surface area contributed by atoms with E-state index in [1.54, 1.807) is 25.5 Å². The third-order valence-electron chi connectivity index (χ3n) is 5.41. The summed E-state index contributed by atoms with van der Waals surface area (Å²) in [6.45, 7) is 5.64. The molecular formula is C22H24N4O4S. The van der Waals surface area contributed by atoms with E-state index in [0.717, 1.165) is 29.3 Å². The molecule has 1 aromatic carbocycles. The van der Waals surface area contributed by atoms with Crippen LogP contribution < -0.4 is 4.74 Å². The second-order valence-corrected chi connectivity index (χ2v) is 8.80. The summed E-state index contributed by atoms with van der Waals surface area (Å²) in [7, 11) is 1.66. The standard InChI is InChI=1S/C22H24N4O4S/c1-13-11-25(12-14(2)30-13)18(15-6-4-7-16(10-15)28-3)19-21(27)26-22(31-19)23-20(24-26)17-8-5-9-29-17/h4-10,13-14,18,27H,11-12H2,1-3H3/t13-,14-,18+/m1/s1. The Morgan fingerprint density at radius 2 is 2.00 bits per heavy atom. The third-order valence-corrected chi connectivity index (χ3v) is 6.48. The molecule has 1 N–H and O–H groups in total. The highest BCUT2D eigenvalue weighted by Crippen LogP contribution is 2.42. The first-order chi connectivity index (χ1) is 15.0. The number of methoxy groups -OCH3 is 1. The average molecular weight is 441 g/mol. The van der Waals surface area contributed by atoms with Gasteiger partial charge in [-0.25, -0.2) is 0 Å². The molecule has 0 unspecified atom stereocenters. The van der Waals surface area contributed by atoms with Gasteiger partial charge in [0.15, 0.2) is 5.76 Å². The summed E-state index contributed by atoms with van der Waals surface area (Å²) in [6, 6.07) is 11.4. The predicted octanol–water partition coefficient (Wildman–Crippen LogP) is 3.96. The Balaban J connectivity index is 1.61. The lowest BCUT2D eigenvalue weighted by atomic mass is 10.0. The van der Waals surface area contributed by atoms with Crippen LogP contribution in [0.15, 0.2) is 47.1 Å². The van der Waals surface area contributed by atoms with Crippen LogP contribution in [0, 0.1) is 0 Å². The van der Waals surface area contributed by atoms with Crippen LogP contribution >= 0.6 is 11.3 Å². The molecule has 9 heteroatoms. The van der Waals surface area contributed by atoms with Crippen molar-refractivity contribution in [1.29, 1.82) is 0 Å². The quantitative estimate of drug-likeness (QED) is 0.503. The number of aromatic nitrogens is 3. The van der Waals surface area contributed by atoms with Gasteiger partial charge in [0, 0.05) is 13.1 Å². The number of benzene rings is 1. The molecule has 4 aromatic rings. The van der Waals surface area contributed by atoms with Gasteiger partial charge in [-0.1, -0.05) is 23.5 Å². The van der Waals surface area contributed by atoms with Crippen LogP contribution in [0.4, 0.5) is 0 Å². The van der Waals surface area contributed by atoms with Crippen molar-refractivity contribution in [2.24, 2.45) is 0 Å². The van der Waals surface area contributed by atoms with Crippen molar-refractivity contribution in [2.75, 3.05) is 20.2 Å². The number of furan rings is 1. The van der Waals surface area contributed by atoms with Crippen molar-refractivity contribution < 1.29 is 19.0 Å². The molecule has 5 rings (SSSR count). The van der Waals surface area contributed by atoms with Crippen LogP contribution in [0.1, 0.15) is 30.3 Å². The van der Waals surface area contributed by atoms with Crippen LogP contribution in [-0.4, -0.2) is 57.0 Å². The van der Waals surface area contributed by atoms with Gasteiger partial charge in [-0.15, -0.1) is 5.10 Å². The fourth-order valence-corrected chi connectivity index (χ4v) is 5.32. The Labute approximate surface area is 183 Å². The number of rotatable bonds is 5.